The number of benzene rings is 2. The van der Waals surface area contributed by atoms with Crippen LogP contribution in [-0.2, 0) is 10.0 Å². The third-order valence-electron chi connectivity index (χ3n) is 4.90. The van der Waals surface area contributed by atoms with Gasteiger partial charge in [-0.05, 0) is 32.0 Å². The molecule has 1 unspecified atom stereocenters. The normalized spacial score (nSPS) is 17.9. The lowest BCUT2D eigenvalue weighted by Gasteiger charge is -2.39. The lowest BCUT2D eigenvalue weighted by Crippen LogP contribution is -2.54. The van der Waals surface area contributed by atoms with Gasteiger partial charge in [0.05, 0.1) is 20.8 Å². The van der Waals surface area contributed by atoms with Gasteiger partial charge in [-0.1, -0.05) is 17.7 Å². The Bertz CT molecular complexity index is 1050. The van der Waals surface area contributed by atoms with E-state index in [1.54, 1.807) is 36.1 Å². The van der Waals surface area contributed by atoms with Gasteiger partial charge in [0.25, 0.3) is 11.4 Å². The summed E-state index contributed by atoms with van der Waals surface area (Å²) in [5.74, 6) is 0. The average Bonchev–Trinajstić information content (AvgIpc) is 2.67. The van der Waals surface area contributed by atoms with Crippen LogP contribution in [0.4, 0.5) is 17.1 Å². The Morgan fingerprint density at radius 2 is 1.66 bits per heavy atom. The third kappa shape index (κ3) is 4.05. The fourth-order valence-corrected chi connectivity index (χ4v) is 5.01. The molecule has 1 fully saturated rings. The number of non-ortho nitro benzene ring substituents is 1. The predicted octanol–water partition coefficient (Wildman–Crippen LogP) is 2.71. The van der Waals surface area contributed by atoms with Crippen molar-refractivity contribution in [1.82, 2.24) is 4.31 Å². The van der Waals surface area contributed by atoms with E-state index in [2.05, 4.69) is 0 Å². The molecule has 154 valence electrons. The molecule has 1 heterocycles. The largest absolute Gasteiger partial charge is 0.363 e. The zero-order chi connectivity index (χ0) is 21.3. The highest BCUT2D eigenvalue weighted by Crippen LogP contribution is 2.34. The minimum atomic E-state index is -3.69. The molecule has 0 aromatic heterocycles. The number of nitro benzene ring substituents is 2. The highest BCUT2D eigenvalue weighted by molar-refractivity contribution is 7.89. The van der Waals surface area contributed by atoms with Gasteiger partial charge in [0, 0.05) is 31.7 Å². The van der Waals surface area contributed by atoms with Crippen molar-refractivity contribution in [1.29, 1.82) is 0 Å². The molecule has 0 saturated carbocycles. The molecular formula is C18H20N4O6S. The van der Waals surface area contributed by atoms with Gasteiger partial charge >= 0.3 is 0 Å². The van der Waals surface area contributed by atoms with E-state index in [0.717, 1.165) is 11.6 Å². The minimum absolute atomic E-state index is 0.144. The maximum atomic E-state index is 13.0. The summed E-state index contributed by atoms with van der Waals surface area (Å²) in [7, 11) is -3.69. The number of aryl methyl sites for hydroxylation is 1. The van der Waals surface area contributed by atoms with Crippen LogP contribution in [0.1, 0.15) is 12.5 Å². The summed E-state index contributed by atoms with van der Waals surface area (Å²) < 4.78 is 27.3. The number of piperazine rings is 1. The topological polar surface area (TPSA) is 127 Å². The van der Waals surface area contributed by atoms with E-state index >= 15 is 0 Å². The lowest BCUT2D eigenvalue weighted by molar-refractivity contribution is -0.393. The smallest absolute Gasteiger partial charge is 0.299 e. The van der Waals surface area contributed by atoms with Crippen LogP contribution >= 0.6 is 0 Å². The minimum Gasteiger partial charge on any atom is -0.363 e. The van der Waals surface area contributed by atoms with Gasteiger partial charge in [-0.25, -0.2) is 8.42 Å². The van der Waals surface area contributed by atoms with E-state index in [1.165, 1.54) is 16.4 Å². The molecule has 0 spiro atoms. The maximum absolute atomic E-state index is 13.0. The van der Waals surface area contributed by atoms with E-state index in [4.69, 9.17) is 0 Å². The van der Waals surface area contributed by atoms with Crippen LogP contribution < -0.4 is 4.90 Å². The number of hydrogen-bond donors (Lipinski definition) is 0. The van der Waals surface area contributed by atoms with Crippen molar-refractivity contribution in [2.75, 3.05) is 24.5 Å². The quantitative estimate of drug-likeness (QED) is 0.537. The summed E-state index contributed by atoms with van der Waals surface area (Å²) in [4.78, 5) is 22.9. The zero-order valence-corrected chi connectivity index (χ0v) is 16.7. The lowest BCUT2D eigenvalue weighted by atomic mass is 10.1. The number of nitro groups is 2. The molecule has 1 aliphatic heterocycles. The van der Waals surface area contributed by atoms with Crippen molar-refractivity contribution in [2.24, 2.45) is 0 Å². The first kappa shape index (κ1) is 20.7. The van der Waals surface area contributed by atoms with Gasteiger partial charge in [0.2, 0.25) is 10.0 Å². The molecule has 0 aliphatic carbocycles. The van der Waals surface area contributed by atoms with Crippen LogP contribution in [0, 0.1) is 27.2 Å². The van der Waals surface area contributed by atoms with Gasteiger partial charge in [0.1, 0.15) is 5.69 Å². The van der Waals surface area contributed by atoms with Crippen molar-refractivity contribution < 1.29 is 18.3 Å². The summed E-state index contributed by atoms with van der Waals surface area (Å²) in [6.45, 7) is 4.20. The van der Waals surface area contributed by atoms with Crippen LogP contribution in [0.5, 0.6) is 0 Å². The molecule has 0 radical (unpaired) electrons. The monoisotopic (exact) mass is 420 g/mol. The maximum Gasteiger partial charge on any atom is 0.299 e. The zero-order valence-electron chi connectivity index (χ0n) is 15.9. The highest BCUT2D eigenvalue weighted by Gasteiger charge is 2.35. The van der Waals surface area contributed by atoms with Gasteiger partial charge < -0.3 is 4.90 Å². The molecule has 3 rings (SSSR count). The second kappa shape index (κ2) is 7.76. The SMILES string of the molecule is Cc1ccc(S(=O)(=O)N2CCN(c3ccc([N+](=O)[O-])cc3[N+](=O)[O-])CC2C)cc1. The van der Waals surface area contributed by atoms with Crippen molar-refractivity contribution in [3.63, 3.8) is 0 Å². The van der Waals surface area contributed by atoms with Crippen molar-refractivity contribution in [3.8, 4) is 0 Å². The standard InChI is InChI=1S/C18H20N4O6S/c1-13-3-6-16(7-4-13)29(27,28)20-10-9-19(12-14(20)2)17-8-5-15(21(23)24)11-18(17)22(25)26/h3-8,11,14H,9-10,12H2,1-2H3. The number of sulfonamides is 1. The molecule has 1 aliphatic rings. The summed E-state index contributed by atoms with van der Waals surface area (Å²) in [6, 6.07) is 9.62. The Balaban J connectivity index is 1.86. The van der Waals surface area contributed by atoms with Gasteiger partial charge in [0.15, 0.2) is 0 Å². The van der Waals surface area contributed by atoms with E-state index in [1.807, 2.05) is 6.92 Å². The Morgan fingerprint density at radius 1 is 1.00 bits per heavy atom. The summed E-state index contributed by atoms with van der Waals surface area (Å²) in [5.41, 5.74) is 0.447. The molecule has 11 heteroatoms. The van der Waals surface area contributed by atoms with Gasteiger partial charge in [-0.15, -0.1) is 0 Å². The summed E-state index contributed by atoms with van der Waals surface area (Å²) in [5, 5.41) is 22.3. The van der Waals surface area contributed by atoms with Crippen molar-refractivity contribution in [3.05, 3.63) is 68.3 Å². The van der Waals surface area contributed by atoms with E-state index in [-0.39, 0.29) is 41.6 Å². The number of nitrogens with zero attached hydrogens (tertiary/aromatic N) is 4. The number of hydrogen-bond acceptors (Lipinski definition) is 7. The van der Waals surface area contributed by atoms with E-state index in [9.17, 15) is 28.6 Å². The average molecular weight is 420 g/mol. The summed E-state index contributed by atoms with van der Waals surface area (Å²) >= 11 is 0. The van der Waals surface area contributed by atoms with Gasteiger partial charge in [-0.3, -0.25) is 20.2 Å². The first-order chi connectivity index (χ1) is 13.6. The van der Waals surface area contributed by atoms with Crippen LogP contribution in [0.15, 0.2) is 47.4 Å². The molecule has 10 nitrogen and oxygen atoms in total. The molecular weight excluding hydrogens is 400 g/mol. The van der Waals surface area contributed by atoms with Gasteiger partial charge in [-0.2, -0.15) is 4.31 Å². The fraction of sp³-hybridized carbons (Fsp3) is 0.333. The molecule has 0 amide bonds. The van der Waals surface area contributed by atoms with Crippen molar-refractivity contribution in [2.45, 2.75) is 24.8 Å². The molecule has 1 atom stereocenters. The molecule has 1 saturated heterocycles. The highest BCUT2D eigenvalue weighted by atomic mass is 32.2. The molecule has 0 bridgehead atoms. The molecule has 29 heavy (non-hydrogen) atoms. The van der Waals surface area contributed by atoms with E-state index in [0.29, 0.717) is 0 Å². The first-order valence-electron chi connectivity index (χ1n) is 8.87. The Morgan fingerprint density at radius 3 is 2.21 bits per heavy atom. The molecule has 0 N–H and O–H groups in total. The Kier molecular flexibility index (Phi) is 5.53. The molecule has 2 aromatic rings. The number of rotatable bonds is 5. The third-order valence-corrected chi connectivity index (χ3v) is 6.93. The second-order valence-electron chi connectivity index (χ2n) is 6.91. The first-order valence-corrected chi connectivity index (χ1v) is 10.3. The fourth-order valence-electron chi connectivity index (χ4n) is 3.40. The van der Waals surface area contributed by atoms with E-state index < -0.39 is 25.9 Å². The Hall–Kier alpha value is -3.05. The second-order valence-corrected chi connectivity index (χ2v) is 8.80. The molecule has 2 aromatic carbocycles. The van der Waals surface area contributed by atoms with Crippen LogP contribution in [0.2, 0.25) is 0 Å². The summed E-state index contributed by atoms with van der Waals surface area (Å²) in [6.07, 6.45) is 0. The van der Waals surface area contributed by atoms with Crippen LogP contribution in [-0.4, -0.2) is 48.2 Å². The predicted molar refractivity (Wildman–Crippen MR) is 106 cm³/mol. The van der Waals surface area contributed by atoms with Crippen LogP contribution in [0.3, 0.4) is 0 Å². The van der Waals surface area contributed by atoms with Crippen LogP contribution in [0.25, 0.3) is 0 Å². The number of anilines is 1. The van der Waals surface area contributed by atoms with Crippen molar-refractivity contribution >= 4 is 27.1 Å². The Labute approximate surface area is 167 Å².